The van der Waals surface area contributed by atoms with E-state index in [1.165, 1.54) is 0 Å². The highest BCUT2D eigenvalue weighted by atomic mass is 32.1. The van der Waals surface area contributed by atoms with Crippen LogP contribution in [0, 0.1) is 6.92 Å². The minimum atomic E-state index is -1.07. The van der Waals surface area contributed by atoms with Crippen molar-refractivity contribution in [2.75, 3.05) is 0 Å². The largest absolute Gasteiger partial charge is 0.480 e. The first-order valence-electron chi connectivity index (χ1n) is 5.94. The van der Waals surface area contributed by atoms with Crippen LogP contribution < -0.4 is 5.32 Å². The first-order chi connectivity index (χ1) is 9.58. The first kappa shape index (κ1) is 14.1. The van der Waals surface area contributed by atoms with E-state index in [9.17, 15) is 14.7 Å². The Kier molecular flexibility index (Phi) is 4.41. The highest BCUT2D eigenvalue weighted by molar-refractivity contribution is 7.08. The van der Waals surface area contributed by atoms with Gasteiger partial charge in [0, 0.05) is 6.42 Å². The predicted octanol–water partition coefficient (Wildman–Crippen LogP) is 1.27. The first-order valence-corrected chi connectivity index (χ1v) is 6.72. The Morgan fingerprint density at radius 2 is 2.05 bits per heavy atom. The Hall–Kier alpha value is -2.28. The second kappa shape index (κ2) is 6.25. The zero-order valence-electron chi connectivity index (χ0n) is 10.7. The van der Waals surface area contributed by atoms with Gasteiger partial charge in [0.25, 0.3) is 5.91 Å². The van der Waals surface area contributed by atoms with Crippen LogP contribution in [0.1, 0.15) is 20.9 Å². The van der Waals surface area contributed by atoms with Crippen molar-refractivity contribution in [2.24, 2.45) is 0 Å². The van der Waals surface area contributed by atoms with Crippen LogP contribution in [-0.2, 0) is 11.2 Å². The summed E-state index contributed by atoms with van der Waals surface area (Å²) in [5.41, 5.74) is 1.34. The maximum Gasteiger partial charge on any atom is 0.326 e. The van der Waals surface area contributed by atoms with Crippen molar-refractivity contribution >= 4 is 23.4 Å². The molecule has 1 unspecified atom stereocenters. The van der Waals surface area contributed by atoms with Gasteiger partial charge in [-0.05, 0) is 24.0 Å². The van der Waals surface area contributed by atoms with Gasteiger partial charge in [-0.3, -0.25) is 4.79 Å². The SMILES string of the molecule is Cc1nnsc1C(=O)NC(Cc1ccccc1)C(=O)O. The minimum absolute atomic E-state index is 0.229. The Labute approximate surface area is 119 Å². The molecular weight excluding hydrogens is 278 g/mol. The number of hydrogen-bond acceptors (Lipinski definition) is 5. The normalized spacial score (nSPS) is 11.8. The van der Waals surface area contributed by atoms with Gasteiger partial charge in [-0.15, -0.1) is 5.10 Å². The molecule has 2 aromatic rings. The van der Waals surface area contributed by atoms with Crippen molar-refractivity contribution in [3.8, 4) is 0 Å². The Bertz CT molecular complexity index is 612. The summed E-state index contributed by atoms with van der Waals surface area (Å²) in [5, 5.41) is 15.4. The molecule has 0 fully saturated rings. The van der Waals surface area contributed by atoms with Crippen LogP contribution in [-0.4, -0.2) is 32.6 Å². The Morgan fingerprint density at radius 1 is 1.35 bits per heavy atom. The molecule has 0 aliphatic heterocycles. The second-order valence-electron chi connectivity index (χ2n) is 4.24. The fourth-order valence-electron chi connectivity index (χ4n) is 1.71. The van der Waals surface area contributed by atoms with Crippen molar-refractivity contribution in [3.63, 3.8) is 0 Å². The van der Waals surface area contributed by atoms with Gasteiger partial charge >= 0.3 is 5.97 Å². The van der Waals surface area contributed by atoms with Crippen molar-refractivity contribution < 1.29 is 14.7 Å². The van der Waals surface area contributed by atoms with Crippen molar-refractivity contribution in [3.05, 3.63) is 46.5 Å². The van der Waals surface area contributed by atoms with Gasteiger partial charge < -0.3 is 10.4 Å². The number of carbonyl (C=O) groups is 2. The number of aryl methyl sites for hydroxylation is 1. The number of aliphatic carboxylic acids is 1. The van der Waals surface area contributed by atoms with E-state index in [4.69, 9.17) is 0 Å². The molecule has 6 nitrogen and oxygen atoms in total. The molecule has 20 heavy (non-hydrogen) atoms. The molecule has 0 spiro atoms. The van der Waals surface area contributed by atoms with Crippen molar-refractivity contribution in [1.82, 2.24) is 14.9 Å². The molecule has 0 aliphatic rings. The zero-order valence-corrected chi connectivity index (χ0v) is 11.6. The van der Waals surface area contributed by atoms with Crippen molar-refractivity contribution in [1.29, 1.82) is 0 Å². The summed E-state index contributed by atoms with van der Waals surface area (Å²) < 4.78 is 3.66. The van der Waals surface area contributed by atoms with Crippen LogP contribution in [0.3, 0.4) is 0 Å². The molecule has 1 aromatic heterocycles. The van der Waals surface area contributed by atoms with E-state index in [0.29, 0.717) is 10.6 Å². The number of carboxylic acids is 1. The highest BCUT2D eigenvalue weighted by Crippen LogP contribution is 2.10. The van der Waals surface area contributed by atoms with Gasteiger partial charge in [0.2, 0.25) is 0 Å². The molecule has 7 heteroatoms. The minimum Gasteiger partial charge on any atom is -0.480 e. The molecule has 2 N–H and O–H groups in total. The number of nitrogens with one attached hydrogen (secondary N) is 1. The standard InChI is InChI=1S/C13H13N3O3S/c1-8-11(20-16-15-8)12(17)14-10(13(18)19)7-9-5-3-2-4-6-9/h2-6,10H,7H2,1H3,(H,14,17)(H,18,19). The third-order valence-corrected chi connectivity index (χ3v) is 3.57. The van der Waals surface area contributed by atoms with Crippen LogP contribution in [0.4, 0.5) is 0 Å². The molecule has 0 saturated carbocycles. The monoisotopic (exact) mass is 291 g/mol. The molecule has 2 rings (SSSR count). The summed E-state index contributed by atoms with van der Waals surface area (Å²) >= 11 is 0.952. The van der Waals surface area contributed by atoms with Crippen molar-refractivity contribution in [2.45, 2.75) is 19.4 Å². The van der Waals surface area contributed by atoms with Gasteiger partial charge in [-0.1, -0.05) is 34.8 Å². The fourth-order valence-corrected chi connectivity index (χ4v) is 2.27. The lowest BCUT2D eigenvalue weighted by Crippen LogP contribution is -2.42. The van der Waals surface area contributed by atoms with Gasteiger partial charge in [0.15, 0.2) is 0 Å². The van der Waals surface area contributed by atoms with E-state index >= 15 is 0 Å². The molecule has 1 atom stereocenters. The lowest BCUT2D eigenvalue weighted by atomic mass is 10.1. The number of aromatic nitrogens is 2. The Morgan fingerprint density at radius 3 is 2.60 bits per heavy atom. The van der Waals surface area contributed by atoms with Crippen LogP contribution in [0.25, 0.3) is 0 Å². The average Bonchev–Trinajstić information content (AvgIpc) is 2.85. The summed E-state index contributed by atoms with van der Waals surface area (Å²) in [7, 11) is 0. The van der Waals surface area contributed by atoms with Crippen LogP contribution >= 0.6 is 11.5 Å². The van der Waals surface area contributed by atoms with Gasteiger partial charge in [-0.25, -0.2) is 4.79 Å². The summed E-state index contributed by atoms with van der Waals surface area (Å²) in [6.45, 7) is 1.66. The third-order valence-electron chi connectivity index (χ3n) is 2.74. The van der Waals surface area contributed by atoms with Gasteiger partial charge in [-0.2, -0.15) is 0 Å². The maximum absolute atomic E-state index is 12.0. The number of nitrogens with zero attached hydrogens (tertiary/aromatic N) is 2. The molecule has 1 aromatic carbocycles. The van der Waals surface area contributed by atoms with Crippen LogP contribution in [0.15, 0.2) is 30.3 Å². The summed E-state index contributed by atoms with van der Waals surface area (Å²) in [6, 6.07) is 8.17. The molecule has 104 valence electrons. The summed E-state index contributed by atoms with van der Waals surface area (Å²) in [4.78, 5) is 23.6. The summed E-state index contributed by atoms with van der Waals surface area (Å²) in [5.74, 6) is -1.53. The Balaban J connectivity index is 2.09. The van der Waals surface area contributed by atoms with E-state index in [2.05, 4.69) is 14.9 Å². The predicted molar refractivity (Wildman–Crippen MR) is 73.7 cm³/mol. The quantitative estimate of drug-likeness (QED) is 0.865. The molecule has 0 saturated heterocycles. The van der Waals surface area contributed by atoms with E-state index in [1.54, 1.807) is 6.92 Å². The topological polar surface area (TPSA) is 92.2 Å². The number of carbonyl (C=O) groups excluding carboxylic acids is 1. The maximum atomic E-state index is 12.0. The molecular formula is C13H13N3O3S. The summed E-state index contributed by atoms with van der Waals surface area (Å²) in [6.07, 6.45) is 0.229. The molecule has 0 radical (unpaired) electrons. The zero-order chi connectivity index (χ0) is 14.5. The number of hydrogen-bond donors (Lipinski definition) is 2. The number of carboxylic acid groups (broad SMARTS) is 1. The molecule has 0 bridgehead atoms. The van der Waals surface area contributed by atoms with Crippen LogP contribution in [0.5, 0.6) is 0 Å². The highest BCUT2D eigenvalue weighted by Gasteiger charge is 2.23. The van der Waals surface area contributed by atoms with E-state index in [1.807, 2.05) is 30.3 Å². The van der Waals surface area contributed by atoms with E-state index < -0.39 is 17.9 Å². The molecule has 1 heterocycles. The third kappa shape index (κ3) is 3.39. The average molecular weight is 291 g/mol. The lowest BCUT2D eigenvalue weighted by Gasteiger charge is -2.14. The fraction of sp³-hybridized carbons (Fsp3) is 0.231. The smallest absolute Gasteiger partial charge is 0.326 e. The van der Waals surface area contributed by atoms with E-state index in [0.717, 1.165) is 17.1 Å². The van der Waals surface area contributed by atoms with Gasteiger partial charge in [0.05, 0.1) is 5.69 Å². The molecule has 0 aliphatic carbocycles. The number of rotatable bonds is 5. The number of benzene rings is 1. The second-order valence-corrected chi connectivity index (χ2v) is 5.00. The van der Waals surface area contributed by atoms with Gasteiger partial charge in [0.1, 0.15) is 10.9 Å². The lowest BCUT2D eigenvalue weighted by molar-refractivity contribution is -0.139. The molecule has 1 amide bonds. The number of amides is 1. The van der Waals surface area contributed by atoms with Crippen LogP contribution in [0.2, 0.25) is 0 Å². The van der Waals surface area contributed by atoms with E-state index in [-0.39, 0.29) is 6.42 Å².